The van der Waals surface area contributed by atoms with E-state index < -0.39 is 36.4 Å². The molecular weight excluding hydrogens is 327 g/mol. The highest BCUT2D eigenvalue weighted by Crippen LogP contribution is 2.46. The summed E-state index contributed by atoms with van der Waals surface area (Å²) < 4.78 is 45.1. The van der Waals surface area contributed by atoms with Crippen molar-refractivity contribution in [1.29, 1.82) is 0 Å². The van der Waals surface area contributed by atoms with Crippen molar-refractivity contribution >= 4 is 22.8 Å². The smallest absolute Gasteiger partial charge is 0.406 e. The number of nitrogens with zero attached hydrogens (tertiary/aromatic N) is 1. The second-order valence-electron chi connectivity index (χ2n) is 5.91. The summed E-state index contributed by atoms with van der Waals surface area (Å²) in [6, 6.07) is 6.87. The molecule has 24 heavy (non-hydrogen) atoms. The normalized spacial score (nSPS) is 21.4. The number of hydrogen-bond acceptors (Lipinski definition) is 3. The zero-order valence-electron chi connectivity index (χ0n) is 12.7. The Morgan fingerprint density at radius 3 is 2.50 bits per heavy atom. The summed E-state index contributed by atoms with van der Waals surface area (Å²) in [5.41, 5.74) is -1.95. The van der Waals surface area contributed by atoms with Gasteiger partial charge < -0.3 is 14.4 Å². The van der Waals surface area contributed by atoms with Crippen LogP contribution in [0.25, 0.3) is 11.0 Å². The molecule has 1 unspecified atom stereocenters. The van der Waals surface area contributed by atoms with E-state index in [9.17, 15) is 22.8 Å². The number of carboxylic acid groups (broad SMARTS) is 1. The van der Waals surface area contributed by atoms with E-state index in [2.05, 4.69) is 0 Å². The van der Waals surface area contributed by atoms with Crippen molar-refractivity contribution in [2.45, 2.75) is 19.5 Å². The molecule has 0 spiro atoms. The van der Waals surface area contributed by atoms with E-state index >= 15 is 0 Å². The van der Waals surface area contributed by atoms with Crippen LogP contribution in [-0.2, 0) is 4.79 Å². The second-order valence-corrected chi connectivity index (χ2v) is 5.91. The van der Waals surface area contributed by atoms with Crippen LogP contribution in [-0.4, -0.2) is 41.1 Å². The van der Waals surface area contributed by atoms with E-state index in [-0.39, 0.29) is 12.3 Å². The number of likely N-dealkylation sites (tertiary alicyclic amines) is 1. The number of hydrogen-bond donors (Lipinski definition) is 1. The minimum Gasteiger partial charge on any atom is -0.481 e. The molecule has 1 aliphatic heterocycles. The molecule has 1 aromatic heterocycles. The molecule has 1 atom stereocenters. The molecule has 1 aromatic carbocycles. The maximum absolute atomic E-state index is 13.2. The number of benzene rings is 1. The lowest BCUT2D eigenvalue weighted by Gasteiger charge is -2.27. The Kier molecular flexibility index (Phi) is 3.58. The van der Waals surface area contributed by atoms with E-state index in [0.717, 1.165) is 4.90 Å². The van der Waals surface area contributed by atoms with Crippen molar-refractivity contribution in [3.05, 3.63) is 35.6 Å². The molecule has 5 nitrogen and oxygen atoms in total. The number of furan rings is 1. The van der Waals surface area contributed by atoms with Gasteiger partial charge in [0.25, 0.3) is 5.91 Å². The van der Waals surface area contributed by atoms with E-state index in [0.29, 0.717) is 16.5 Å². The first-order chi connectivity index (χ1) is 11.2. The molecule has 0 saturated carbocycles. The van der Waals surface area contributed by atoms with Gasteiger partial charge in [-0.25, -0.2) is 0 Å². The van der Waals surface area contributed by atoms with Crippen LogP contribution in [0, 0.1) is 12.3 Å². The van der Waals surface area contributed by atoms with Gasteiger partial charge in [-0.15, -0.1) is 0 Å². The number of fused-ring (bicyclic) bond motifs is 1. The van der Waals surface area contributed by atoms with E-state index in [4.69, 9.17) is 9.52 Å². The van der Waals surface area contributed by atoms with Crippen LogP contribution >= 0.6 is 0 Å². The van der Waals surface area contributed by atoms with E-state index in [1.807, 2.05) is 0 Å². The number of carboxylic acids is 1. The van der Waals surface area contributed by atoms with E-state index in [1.54, 1.807) is 31.2 Å². The Balaban J connectivity index is 1.94. The van der Waals surface area contributed by atoms with Gasteiger partial charge in [0.05, 0.1) is 0 Å². The van der Waals surface area contributed by atoms with Gasteiger partial charge in [0.2, 0.25) is 0 Å². The van der Waals surface area contributed by atoms with Crippen molar-refractivity contribution in [3.8, 4) is 0 Å². The number of alkyl halides is 3. The number of halogens is 3. The first-order valence-electron chi connectivity index (χ1n) is 7.25. The fourth-order valence-electron chi connectivity index (χ4n) is 3.03. The zero-order valence-corrected chi connectivity index (χ0v) is 12.7. The Morgan fingerprint density at radius 2 is 1.96 bits per heavy atom. The average molecular weight is 341 g/mol. The topological polar surface area (TPSA) is 70.8 Å². The predicted octanol–water partition coefficient (Wildman–Crippen LogP) is 3.22. The monoisotopic (exact) mass is 341 g/mol. The number of aliphatic carboxylic acids is 1. The van der Waals surface area contributed by atoms with Gasteiger partial charge in [0.1, 0.15) is 5.58 Å². The maximum Gasteiger partial charge on any atom is 0.406 e. The highest BCUT2D eigenvalue weighted by atomic mass is 19.4. The Labute approximate surface area is 134 Å². The van der Waals surface area contributed by atoms with Crippen LogP contribution in [0.4, 0.5) is 13.2 Å². The van der Waals surface area contributed by atoms with Gasteiger partial charge in [-0.3, -0.25) is 9.59 Å². The fourth-order valence-corrected chi connectivity index (χ4v) is 3.03. The van der Waals surface area contributed by atoms with Crippen LogP contribution in [0.2, 0.25) is 0 Å². The standard InChI is InChI=1S/C16H14F3NO4/c1-9-10-4-2-3-5-11(10)24-12(9)13(21)20-7-6-15(8-20,14(22)23)16(17,18)19/h2-5H,6-8H2,1H3,(H,22,23). The highest BCUT2D eigenvalue weighted by Gasteiger charge is 2.64. The number of rotatable bonds is 2. The third kappa shape index (κ3) is 2.24. The minimum absolute atomic E-state index is 0.0560. The van der Waals surface area contributed by atoms with Gasteiger partial charge in [0.15, 0.2) is 11.2 Å². The lowest BCUT2D eigenvalue weighted by molar-refractivity contribution is -0.227. The molecule has 0 radical (unpaired) electrons. The number of carbonyl (C=O) groups excluding carboxylic acids is 1. The number of para-hydroxylation sites is 1. The molecule has 2 heterocycles. The van der Waals surface area contributed by atoms with Crippen molar-refractivity contribution in [2.24, 2.45) is 5.41 Å². The predicted molar refractivity (Wildman–Crippen MR) is 77.6 cm³/mol. The third-order valence-electron chi connectivity index (χ3n) is 4.55. The average Bonchev–Trinajstić information content (AvgIpc) is 3.10. The van der Waals surface area contributed by atoms with Crippen molar-refractivity contribution in [1.82, 2.24) is 4.90 Å². The number of carbonyl (C=O) groups is 2. The quantitative estimate of drug-likeness (QED) is 0.910. The third-order valence-corrected chi connectivity index (χ3v) is 4.55. The number of aryl methyl sites for hydroxylation is 1. The molecule has 1 N–H and O–H groups in total. The van der Waals surface area contributed by atoms with Gasteiger partial charge in [-0.2, -0.15) is 13.2 Å². The molecule has 1 fully saturated rings. The largest absolute Gasteiger partial charge is 0.481 e. The first kappa shape index (κ1) is 16.4. The summed E-state index contributed by atoms with van der Waals surface area (Å²) >= 11 is 0. The summed E-state index contributed by atoms with van der Waals surface area (Å²) in [4.78, 5) is 24.6. The summed E-state index contributed by atoms with van der Waals surface area (Å²) in [5.74, 6) is -2.75. The van der Waals surface area contributed by atoms with E-state index in [1.165, 1.54) is 0 Å². The molecule has 0 aliphatic carbocycles. The van der Waals surface area contributed by atoms with Crippen LogP contribution in [0.1, 0.15) is 22.5 Å². The van der Waals surface area contributed by atoms with Gasteiger partial charge in [0, 0.05) is 24.0 Å². The van der Waals surface area contributed by atoms with Crippen LogP contribution in [0.5, 0.6) is 0 Å². The van der Waals surface area contributed by atoms with Crippen molar-refractivity contribution in [3.63, 3.8) is 0 Å². The molecule has 1 saturated heterocycles. The van der Waals surface area contributed by atoms with Crippen molar-refractivity contribution < 1.29 is 32.3 Å². The molecular formula is C16H14F3NO4. The minimum atomic E-state index is -4.93. The molecule has 8 heteroatoms. The number of amides is 1. The molecule has 3 rings (SSSR count). The molecule has 2 aromatic rings. The first-order valence-corrected chi connectivity index (χ1v) is 7.25. The molecule has 0 bridgehead atoms. The highest BCUT2D eigenvalue weighted by molar-refractivity contribution is 5.99. The van der Waals surface area contributed by atoms with Gasteiger partial charge >= 0.3 is 12.1 Å². The lowest BCUT2D eigenvalue weighted by atomic mass is 9.86. The van der Waals surface area contributed by atoms with Crippen LogP contribution in [0.15, 0.2) is 28.7 Å². The molecule has 1 aliphatic rings. The second kappa shape index (κ2) is 5.25. The molecule has 128 valence electrons. The molecule has 1 amide bonds. The fraction of sp³-hybridized carbons (Fsp3) is 0.375. The van der Waals surface area contributed by atoms with Crippen molar-refractivity contribution in [2.75, 3.05) is 13.1 Å². The maximum atomic E-state index is 13.2. The zero-order chi connectivity index (χ0) is 17.7. The Hall–Kier alpha value is -2.51. The lowest BCUT2D eigenvalue weighted by Crippen LogP contribution is -2.47. The Bertz CT molecular complexity index is 826. The summed E-state index contributed by atoms with van der Waals surface area (Å²) in [7, 11) is 0. The van der Waals surface area contributed by atoms with Gasteiger partial charge in [-0.1, -0.05) is 18.2 Å². The van der Waals surface area contributed by atoms with Gasteiger partial charge in [-0.05, 0) is 19.4 Å². The Morgan fingerprint density at radius 1 is 1.29 bits per heavy atom. The summed E-state index contributed by atoms with van der Waals surface area (Å²) in [5, 5.41) is 9.75. The summed E-state index contributed by atoms with van der Waals surface area (Å²) in [6.07, 6.45) is -5.60. The van der Waals surface area contributed by atoms with Crippen LogP contribution in [0.3, 0.4) is 0 Å². The van der Waals surface area contributed by atoms with Crippen LogP contribution < -0.4 is 0 Å². The SMILES string of the molecule is Cc1c(C(=O)N2CCC(C(=O)O)(C(F)(F)F)C2)oc2ccccc12. The summed E-state index contributed by atoms with van der Waals surface area (Å²) in [6.45, 7) is 0.436.